The van der Waals surface area contributed by atoms with E-state index in [-0.39, 0.29) is 0 Å². The van der Waals surface area contributed by atoms with Crippen molar-refractivity contribution in [3.05, 3.63) is 52.8 Å². The first-order valence-electron chi connectivity index (χ1n) is 9.87. The van der Waals surface area contributed by atoms with Gasteiger partial charge >= 0.3 is 0 Å². The number of nitrogens with zero attached hydrogens (tertiary/aromatic N) is 4. The highest BCUT2D eigenvalue weighted by Gasteiger charge is 2.19. The van der Waals surface area contributed by atoms with Gasteiger partial charge in [-0.1, -0.05) is 11.6 Å². The number of aryl methyl sites for hydroxylation is 2. The maximum absolute atomic E-state index is 9.80. The summed E-state index contributed by atoms with van der Waals surface area (Å²) in [6.07, 6.45) is 8.62. The highest BCUT2D eigenvalue weighted by Crippen LogP contribution is 2.34. The van der Waals surface area contributed by atoms with Crippen LogP contribution in [0.15, 0.2) is 36.7 Å². The van der Waals surface area contributed by atoms with Crippen molar-refractivity contribution in [3.63, 3.8) is 0 Å². The average molecular weight is 393 g/mol. The molecule has 1 fully saturated rings. The van der Waals surface area contributed by atoms with Crippen LogP contribution in [0.1, 0.15) is 30.4 Å². The second-order valence-corrected chi connectivity index (χ2v) is 8.36. The molecule has 0 radical (unpaired) electrons. The van der Waals surface area contributed by atoms with Crippen molar-refractivity contribution in [1.29, 1.82) is 5.26 Å². The maximum atomic E-state index is 9.80. The van der Waals surface area contributed by atoms with Gasteiger partial charge in [0, 0.05) is 35.4 Å². The summed E-state index contributed by atoms with van der Waals surface area (Å²) >= 11 is 6.18. The normalized spacial score (nSPS) is 15.8. The maximum Gasteiger partial charge on any atom is 0.102 e. The molecule has 0 saturated carbocycles. The van der Waals surface area contributed by atoms with Gasteiger partial charge in [0.15, 0.2) is 0 Å². The van der Waals surface area contributed by atoms with Gasteiger partial charge in [0.05, 0.1) is 16.8 Å². The smallest absolute Gasteiger partial charge is 0.102 e. The van der Waals surface area contributed by atoms with Gasteiger partial charge in [-0.15, -0.1) is 0 Å². The summed E-state index contributed by atoms with van der Waals surface area (Å²) in [6.45, 7) is 2.40. The molecule has 0 aliphatic carbocycles. The predicted octanol–water partition coefficient (Wildman–Crippen LogP) is 5.04. The lowest BCUT2D eigenvalue weighted by Crippen LogP contribution is -2.30. The number of rotatable bonds is 4. The minimum absolute atomic E-state index is 0.675. The summed E-state index contributed by atoms with van der Waals surface area (Å²) in [5.74, 6) is 0.800. The van der Waals surface area contributed by atoms with E-state index in [0.717, 1.165) is 34.5 Å². The molecule has 144 valence electrons. The van der Waals surface area contributed by atoms with Gasteiger partial charge in [-0.3, -0.25) is 4.98 Å². The molecule has 2 aromatic heterocycles. The Morgan fingerprint density at radius 1 is 1.18 bits per heavy atom. The molecule has 1 aliphatic rings. The second kappa shape index (κ2) is 7.95. The molecule has 4 nitrogen and oxygen atoms in total. The molecule has 0 unspecified atom stereocenters. The lowest BCUT2D eigenvalue weighted by atomic mass is 9.91. The molecule has 0 amide bonds. The molecule has 0 atom stereocenters. The lowest BCUT2D eigenvalue weighted by molar-refractivity contribution is 0.212. The van der Waals surface area contributed by atoms with E-state index in [2.05, 4.69) is 33.6 Å². The fraction of sp³-hybridized carbons (Fsp3) is 0.391. The topological polar surface area (TPSA) is 44.9 Å². The van der Waals surface area contributed by atoms with Gasteiger partial charge in [-0.05, 0) is 81.6 Å². The van der Waals surface area contributed by atoms with Gasteiger partial charge in [0.2, 0.25) is 0 Å². The summed E-state index contributed by atoms with van der Waals surface area (Å²) in [7, 11) is 4.19. The monoisotopic (exact) mass is 392 g/mol. The molecule has 0 bridgehead atoms. The Kier molecular flexibility index (Phi) is 5.39. The Morgan fingerprint density at radius 2 is 1.96 bits per heavy atom. The van der Waals surface area contributed by atoms with E-state index >= 15 is 0 Å². The molecule has 28 heavy (non-hydrogen) atoms. The van der Waals surface area contributed by atoms with E-state index in [4.69, 9.17) is 11.6 Å². The largest absolute Gasteiger partial charge is 0.342 e. The van der Waals surface area contributed by atoms with Gasteiger partial charge < -0.3 is 9.47 Å². The molecule has 3 heterocycles. The molecule has 0 spiro atoms. The second-order valence-electron chi connectivity index (χ2n) is 7.92. The highest BCUT2D eigenvalue weighted by atomic mass is 35.5. The van der Waals surface area contributed by atoms with Gasteiger partial charge in [-0.25, -0.2) is 0 Å². The first-order chi connectivity index (χ1) is 13.6. The van der Waals surface area contributed by atoms with Crippen molar-refractivity contribution in [3.8, 4) is 17.3 Å². The summed E-state index contributed by atoms with van der Waals surface area (Å²) in [6, 6.07) is 10.3. The molecule has 5 heteroatoms. The zero-order valence-corrected chi connectivity index (χ0v) is 17.2. The number of halogens is 1. The van der Waals surface area contributed by atoms with Crippen molar-refractivity contribution in [2.24, 2.45) is 13.0 Å². The number of fused-ring (bicyclic) bond motifs is 1. The molecule has 1 aromatic carbocycles. The van der Waals surface area contributed by atoms with E-state index in [1.165, 1.54) is 37.9 Å². The first-order valence-corrected chi connectivity index (χ1v) is 10.3. The van der Waals surface area contributed by atoms with Crippen LogP contribution < -0.4 is 0 Å². The van der Waals surface area contributed by atoms with Gasteiger partial charge in [0.1, 0.15) is 6.07 Å². The first kappa shape index (κ1) is 19.0. The Morgan fingerprint density at radius 3 is 2.71 bits per heavy atom. The number of hydrogen-bond acceptors (Lipinski definition) is 3. The minimum atomic E-state index is 0.675. The van der Waals surface area contributed by atoms with Gasteiger partial charge in [0.25, 0.3) is 0 Å². The van der Waals surface area contributed by atoms with Crippen LogP contribution in [-0.4, -0.2) is 34.6 Å². The van der Waals surface area contributed by atoms with Gasteiger partial charge in [-0.2, -0.15) is 5.26 Å². The van der Waals surface area contributed by atoms with E-state index in [1.54, 1.807) is 0 Å². The summed E-state index contributed by atoms with van der Waals surface area (Å²) in [4.78, 5) is 6.90. The highest BCUT2D eigenvalue weighted by molar-refractivity contribution is 6.31. The number of hydrogen-bond donors (Lipinski definition) is 0. The van der Waals surface area contributed by atoms with Crippen molar-refractivity contribution in [1.82, 2.24) is 14.5 Å². The quantitative estimate of drug-likeness (QED) is 0.624. The molecule has 0 N–H and O–H groups in total. The minimum Gasteiger partial charge on any atom is -0.342 e. The molecule has 1 saturated heterocycles. The van der Waals surface area contributed by atoms with Crippen molar-refractivity contribution in [2.45, 2.75) is 25.7 Å². The van der Waals surface area contributed by atoms with E-state index < -0.39 is 0 Å². The van der Waals surface area contributed by atoms with Crippen LogP contribution in [0.5, 0.6) is 0 Å². The van der Waals surface area contributed by atoms with Crippen molar-refractivity contribution in [2.75, 3.05) is 20.1 Å². The Bertz CT molecular complexity index is 1040. The number of piperidine rings is 1. The fourth-order valence-corrected chi connectivity index (χ4v) is 4.50. The predicted molar refractivity (Wildman–Crippen MR) is 114 cm³/mol. The summed E-state index contributed by atoms with van der Waals surface area (Å²) < 4.78 is 2.05. The van der Waals surface area contributed by atoms with Crippen molar-refractivity contribution >= 4 is 22.5 Å². The third-order valence-electron chi connectivity index (χ3n) is 6.02. The molecule has 4 rings (SSSR count). The number of likely N-dealkylation sites (tertiary alicyclic amines) is 1. The van der Waals surface area contributed by atoms with Crippen LogP contribution in [0.25, 0.3) is 22.2 Å². The van der Waals surface area contributed by atoms with Crippen LogP contribution in [0.2, 0.25) is 5.02 Å². The SMILES string of the molecule is CN1CCC(CCc2cncc(-c3c(C#N)c4ccc(Cl)cc4n3C)c2)CC1. The molecular formula is C23H25ClN4. The summed E-state index contributed by atoms with van der Waals surface area (Å²) in [5, 5.41) is 11.4. The van der Waals surface area contributed by atoms with Crippen LogP contribution in [0.3, 0.4) is 0 Å². The van der Waals surface area contributed by atoms with E-state index in [0.29, 0.717) is 10.6 Å². The van der Waals surface area contributed by atoms with Crippen LogP contribution >= 0.6 is 11.6 Å². The average Bonchev–Trinajstić information content (AvgIpc) is 2.99. The number of pyridine rings is 1. The van der Waals surface area contributed by atoms with Crippen LogP contribution in [0.4, 0.5) is 0 Å². The Labute approximate surface area is 171 Å². The standard InChI is InChI=1S/C23H25ClN4/c1-27-9-7-16(8-10-27)3-4-17-11-18(15-26-14-17)23-21(13-25)20-6-5-19(24)12-22(20)28(23)2/h5-6,11-12,14-16H,3-4,7-10H2,1-2H3. The summed E-state index contributed by atoms with van der Waals surface area (Å²) in [5.41, 5.74) is 4.79. The number of aromatic nitrogens is 2. The molecule has 1 aliphatic heterocycles. The Hall–Kier alpha value is -2.35. The third-order valence-corrected chi connectivity index (χ3v) is 6.26. The fourth-order valence-electron chi connectivity index (χ4n) is 4.34. The third kappa shape index (κ3) is 3.65. The molecular weight excluding hydrogens is 368 g/mol. The number of nitriles is 1. The zero-order valence-electron chi connectivity index (χ0n) is 16.5. The Balaban J connectivity index is 1.63. The lowest BCUT2D eigenvalue weighted by Gasteiger charge is -2.28. The zero-order chi connectivity index (χ0) is 19.7. The van der Waals surface area contributed by atoms with Crippen LogP contribution in [-0.2, 0) is 13.5 Å². The number of benzene rings is 1. The van der Waals surface area contributed by atoms with Crippen LogP contribution in [0, 0.1) is 17.2 Å². The van der Waals surface area contributed by atoms with E-state index in [1.807, 2.05) is 37.6 Å². The van der Waals surface area contributed by atoms with Crippen molar-refractivity contribution < 1.29 is 0 Å². The molecule has 3 aromatic rings. The van der Waals surface area contributed by atoms with E-state index in [9.17, 15) is 5.26 Å².